The van der Waals surface area contributed by atoms with Crippen molar-refractivity contribution in [1.29, 1.82) is 0 Å². The van der Waals surface area contributed by atoms with Crippen molar-refractivity contribution >= 4 is 34.1 Å². The maximum Gasteiger partial charge on any atom is 0.262 e. The quantitative estimate of drug-likeness (QED) is 0.591. The molecule has 8 nitrogen and oxygen atoms in total. The summed E-state index contributed by atoms with van der Waals surface area (Å²) in [6.45, 7) is 2.26. The molecule has 0 bridgehead atoms. The Bertz CT molecular complexity index is 1100. The van der Waals surface area contributed by atoms with Crippen LogP contribution in [-0.4, -0.2) is 50.9 Å². The summed E-state index contributed by atoms with van der Waals surface area (Å²) in [6.07, 6.45) is 1.07. The Morgan fingerprint density at radius 1 is 1.10 bits per heavy atom. The number of methoxy groups -OCH3 is 1. The molecular weight excluding hydrogens is 444 g/mol. The predicted octanol–water partition coefficient (Wildman–Crippen LogP) is 2.36. The van der Waals surface area contributed by atoms with E-state index in [9.17, 15) is 18.0 Å². The van der Waals surface area contributed by atoms with E-state index >= 15 is 0 Å². The van der Waals surface area contributed by atoms with Crippen LogP contribution in [0.5, 0.6) is 11.5 Å². The number of hydrogen-bond acceptors (Lipinski definition) is 7. The molecule has 0 saturated carbocycles. The van der Waals surface area contributed by atoms with Crippen molar-refractivity contribution in [3.8, 4) is 11.5 Å². The minimum atomic E-state index is -3.54. The number of fused-ring (bicyclic) bond motifs is 1. The molecule has 10 heteroatoms. The minimum Gasteiger partial charge on any atom is -0.493 e. The molecular formula is C21H25ClN2O6S. The maximum absolute atomic E-state index is 13.2. The van der Waals surface area contributed by atoms with Gasteiger partial charge in [0.15, 0.2) is 11.5 Å². The van der Waals surface area contributed by atoms with Gasteiger partial charge in [0.25, 0.3) is 11.8 Å². The summed E-state index contributed by atoms with van der Waals surface area (Å²) < 4.78 is 35.2. The number of nitrogens with two attached hydrogens (primary N) is 1. The number of ether oxygens (including phenoxy) is 2. The summed E-state index contributed by atoms with van der Waals surface area (Å²) >= 11 is 0. The third kappa shape index (κ3) is 4.84. The van der Waals surface area contributed by atoms with Gasteiger partial charge in [-0.3, -0.25) is 14.5 Å². The molecule has 1 atom stereocenters. The summed E-state index contributed by atoms with van der Waals surface area (Å²) in [5, 5.41) is 0. The highest BCUT2D eigenvalue weighted by Gasteiger charge is 2.43. The molecule has 0 aliphatic carbocycles. The number of nitrogens with zero attached hydrogens (tertiary/aromatic N) is 1. The van der Waals surface area contributed by atoms with Gasteiger partial charge in [-0.25, -0.2) is 8.42 Å². The summed E-state index contributed by atoms with van der Waals surface area (Å²) in [5.74, 6) is -0.665. The van der Waals surface area contributed by atoms with Crippen molar-refractivity contribution in [2.24, 2.45) is 5.73 Å². The predicted molar refractivity (Wildman–Crippen MR) is 119 cm³/mol. The first kappa shape index (κ1) is 24.6. The van der Waals surface area contributed by atoms with E-state index in [1.165, 1.54) is 7.11 Å². The Hall–Kier alpha value is -2.62. The van der Waals surface area contributed by atoms with Gasteiger partial charge in [0.2, 0.25) is 0 Å². The van der Waals surface area contributed by atoms with Crippen LogP contribution in [0, 0.1) is 0 Å². The van der Waals surface area contributed by atoms with Crippen molar-refractivity contribution in [2.75, 3.05) is 25.7 Å². The summed E-state index contributed by atoms with van der Waals surface area (Å²) in [6, 6.07) is 8.71. The molecule has 2 N–H and O–H groups in total. The van der Waals surface area contributed by atoms with Crippen molar-refractivity contribution < 1.29 is 27.5 Å². The fourth-order valence-corrected chi connectivity index (χ4v) is 4.52. The van der Waals surface area contributed by atoms with Crippen molar-refractivity contribution in [2.45, 2.75) is 19.5 Å². The second kappa shape index (κ2) is 9.67. The zero-order chi connectivity index (χ0) is 22.1. The second-order valence-corrected chi connectivity index (χ2v) is 9.16. The average Bonchev–Trinajstić information content (AvgIpc) is 2.96. The van der Waals surface area contributed by atoms with E-state index in [1.807, 2.05) is 0 Å². The van der Waals surface area contributed by atoms with E-state index in [2.05, 4.69) is 0 Å². The number of carbonyl (C=O) groups is 2. The van der Waals surface area contributed by atoms with Gasteiger partial charge >= 0.3 is 0 Å². The highest BCUT2D eigenvalue weighted by atomic mass is 35.5. The SMILES string of the molecule is CCOc1cc(C(CS(C)(=O)=O)N2C(=O)c3cccc(CN)c3C2=O)ccc1OC.Cl. The van der Waals surface area contributed by atoms with Crippen LogP contribution >= 0.6 is 12.4 Å². The Balaban J connectivity index is 0.00000341. The molecule has 1 aliphatic rings. The minimum absolute atomic E-state index is 0. The first-order valence-corrected chi connectivity index (χ1v) is 11.5. The van der Waals surface area contributed by atoms with Crippen molar-refractivity contribution in [3.05, 3.63) is 58.7 Å². The van der Waals surface area contributed by atoms with E-state index in [0.29, 0.717) is 29.2 Å². The van der Waals surface area contributed by atoms with Crippen LogP contribution in [0.3, 0.4) is 0 Å². The lowest BCUT2D eigenvalue weighted by Gasteiger charge is -2.27. The zero-order valence-corrected chi connectivity index (χ0v) is 19.1. The first-order chi connectivity index (χ1) is 14.2. The van der Waals surface area contributed by atoms with Crippen LogP contribution < -0.4 is 15.2 Å². The van der Waals surface area contributed by atoms with E-state index in [0.717, 1.165) is 11.2 Å². The molecule has 1 unspecified atom stereocenters. The largest absolute Gasteiger partial charge is 0.493 e. The molecule has 0 spiro atoms. The normalized spacial score (nSPS) is 14.1. The molecule has 0 fully saturated rings. The van der Waals surface area contributed by atoms with E-state index in [-0.39, 0.29) is 30.1 Å². The number of rotatable bonds is 8. The standard InChI is InChI=1S/C21H24N2O6S.ClH/c1-4-29-18-10-13(8-9-17(18)28-2)16(12-30(3,26)27)23-20(24)15-7-5-6-14(11-22)19(15)21(23)25;/h5-10,16H,4,11-12,22H2,1-3H3;1H. The van der Waals surface area contributed by atoms with Crippen LogP contribution in [0.15, 0.2) is 36.4 Å². The number of sulfone groups is 1. The smallest absolute Gasteiger partial charge is 0.262 e. The molecule has 1 aliphatic heterocycles. The lowest BCUT2D eigenvalue weighted by molar-refractivity contribution is 0.0597. The fourth-order valence-electron chi connectivity index (χ4n) is 3.60. The van der Waals surface area contributed by atoms with Gasteiger partial charge in [0, 0.05) is 12.8 Å². The maximum atomic E-state index is 13.2. The average molecular weight is 469 g/mol. The molecule has 2 aromatic carbocycles. The van der Waals surface area contributed by atoms with E-state index < -0.39 is 33.4 Å². The lowest BCUT2D eigenvalue weighted by Crippen LogP contribution is -2.37. The third-order valence-electron chi connectivity index (χ3n) is 4.90. The molecule has 0 radical (unpaired) electrons. The molecule has 168 valence electrons. The Labute approximate surface area is 187 Å². The van der Waals surface area contributed by atoms with Gasteiger partial charge in [-0.2, -0.15) is 0 Å². The Morgan fingerprint density at radius 3 is 2.39 bits per heavy atom. The summed E-state index contributed by atoms with van der Waals surface area (Å²) in [5.41, 5.74) is 7.18. The molecule has 1 heterocycles. The summed E-state index contributed by atoms with van der Waals surface area (Å²) in [7, 11) is -2.05. The van der Waals surface area contributed by atoms with Crippen LogP contribution in [0.25, 0.3) is 0 Å². The highest BCUT2D eigenvalue weighted by molar-refractivity contribution is 7.90. The van der Waals surface area contributed by atoms with Gasteiger partial charge < -0.3 is 15.2 Å². The fraction of sp³-hybridized carbons (Fsp3) is 0.333. The van der Waals surface area contributed by atoms with Crippen molar-refractivity contribution in [3.63, 3.8) is 0 Å². The number of imide groups is 1. The van der Waals surface area contributed by atoms with Crippen LogP contribution in [0.4, 0.5) is 0 Å². The van der Waals surface area contributed by atoms with E-state index in [4.69, 9.17) is 15.2 Å². The van der Waals surface area contributed by atoms with Crippen LogP contribution in [0.2, 0.25) is 0 Å². The number of halogens is 1. The van der Waals surface area contributed by atoms with E-state index in [1.54, 1.807) is 43.3 Å². The number of benzene rings is 2. The molecule has 31 heavy (non-hydrogen) atoms. The van der Waals surface area contributed by atoms with Gasteiger partial charge in [-0.1, -0.05) is 18.2 Å². The molecule has 0 aromatic heterocycles. The highest BCUT2D eigenvalue weighted by Crippen LogP contribution is 2.37. The monoisotopic (exact) mass is 468 g/mol. The lowest BCUT2D eigenvalue weighted by atomic mass is 10.0. The van der Waals surface area contributed by atoms with Gasteiger partial charge in [-0.05, 0) is 36.2 Å². The number of hydrogen-bond donors (Lipinski definition) is 1. The van der Waals surface area contributed by atoms with Crippen molar-refractivity contribution in [1.82, 2.24) is 4.90 Å². The van der Waals surface area contributed by atoms with Gasteiger partial charge in [0.1, 0.15) is 9.84 Å². The Morgan fingerprint density at radius 2 is 1.81 bits per heavy atom. The Kier molecular flexibility index (Phi) is 7.69. The molecule has 3 rings (SSSR count). The van der Waals surface area contributed by atoms with Gasteiger partial charge in [-0.15, -0.1) is 12.4 Å². The van der Waals surface area contributed by atoms with Crippen LogP contribution in [0.1, 0.15) is 44.8 Å². The topological polar surface area (TPSA) is 116 Å². The zero-order valence-electron chi connectivity index (χ0n) is 17.5. The van der Waals surface area contributed by atoms with Gasteiger partial charge in [0.05, 0.1) is 36.6 Å². The molecule has 0 saturated heterocycles. The molecule has 2 aromatic rings. The van der Waals surface area contributed by atoms with Crippen LogP contribution in [-0.2, 0) is 16.4 Å². The third-order valence-corrected chi connectivity index (χ3v) is 5.82. The first-order valence-electron chi connectivity index (χ1n) is 9.40. The second-order valence-electron chi connectivity index (χ2n) is 6.98. The number of amides is 2. The number of carbonyl (C=O) groups excluding carboxylic acids is 2. The summed E-state index contributed by atoms with van der Waals surface area (Å²) in [4.78, 5) is 27.3. The molecule has 2 amide bonds.